The van der Waals surface area contributed by atoms with Crippen LogP contribution in [0.5, 0.6) is 5.75 Å². The minimum Gasteiger partial charge on any atom is -0.497 e. The summed E-state index contributed by atoms with van der Waals surface area (Å²) in [5.41, 5.74) is 0.972. The van der Waals surface area contributed by atoms with Gasteiger partial charge in [0.1, 0.15) is 11.3 Å². The summed E-state index contributed by atoms with van der Waals surface area (Å²) in [6.45, 7) is 1.12. The Bertz CT molecular complexity index is 1030. The smallest absolute Gasteiger partial charge is 0.416 e. The van der Waals surface area contributed by atoms with E-state index in [1.165, 1.54) is 18.3 Å². The maximum absolute atomic E-state index is 13.0. The number of methoxy groups -OCH3 is 1. The number of benzene rings is 2. The predicted octanol–water partition coefficient (Wildman–Crippen LogP) is 5.00. The third kappa shape index (κ3) is 3.90. The van der Waals surface area contributed by atoms with Crippen molar-refractivity contribution in [1.29, 1.82) is 0 Å². The monoisotopic (exact) mass is 416 g/mol. The minimum absolute atomic E-state index is 0.168. The lowest BCUT2D eigenvalue weighted by Gasteiger charge is -2.16. The van der Waals surface area contributed by atoms with Crippen LogP contribution in [0.3, 0.4) is 0 Å². The second-order valence-corrected chi connectivity index (χ2v) is 7.15. The van der Waals surface area contributed by atoms with Crippen LogP contribution in [-0.4, -0.2) is 36.2 Å². The van der Waals surface area contributed by atoms with Crippen LogP contribution in [0.1, 0.15) is 33.8 Å². The highest BCUT2D eigenvalue weighted by Crippen LogP contribution is 2.33. The molecule has 30 heavy (non-hydrogen) atoms. The van der Waals surface area contributed by atoms with Gasteiger partial charge in [-0.25, -0.2) is 0 Å². The van der Waals surface area contributed by atoms with Crippen LogP contribution in [0.4, 0.5) is 13.2 Å². The van der Waals surface area contributed by atoms with Gasteiger partial charge in [0, 0.05) is 24.6 Å². The summed E-state index contributed by atoms with van der Waals surface area (Å²) in [4.78, 5) is 14.7. The highest BCUT2D eigenvalue weighted by molar-refractivity contribution is 5.99. The van der Waals surface area contributed by atoms with Gasteiger partial charge in [0.25, 0.3) is 5.91 Å². The average Bonchev–Trinajstić information content (AvgIpc) is 3.43. The molecule has 5 nitrogen and oxygen atoms in total. The van der Waals surface area contributed by atoms with Crippen molar-refractivity contribution in [2.75, 3.05) is 20.2 Å². The van der Waals surface area contributed by atoms with Crippen LogP contribution < -0.4 is 4.74 Å². The van der Waals surface area contributed by atoms with Gasteiger partial charge < -0.3 is 14.2 Å². The zero-order chi connectivity index (χ0) is 21.3. The molecular formula is C22H19F3N2O3. The summed E-state index contributed by atoms with van der Waals surface area (Å²) in [6.07, 6.45) is -2.29. The number of rotatable bonds is 4. The van der Waals surface area contributed by atoms with E-state index in [4.69, 9.17) is 9.26 Å². The number of hydrogen-bond donors (Lipinski definition) is 0. The zero-order valence-electron chi connectivity index (χ0n) is 16.1. The molecular weight excluding hydrogens is 397 g/mol. The van der Waals surface area contributed by atoms with Crippen LogP contribution in [0.15, 0.2) is 59.3 Å². The molecule has 0 saturated carbocycles. The zero-order valence-corrected chi connectivity index (χ0v) is 16.1. The van der Waals surface area contributed by atoms with Crippen molar-refractivity contribution in [3.05, 3.63) is 71.4 Å². The van der Waals surface area contributed by atoms with Gasteiger partial charge in [-0.3, -0.25) is 4.79 Å². The molecule has 2 heterocycles. The molecule has 0 bridgehead atoms. The van der Waals surface area contributed by atoms with Gasteiger partial charge in [-0.05, 0) is 36.2 Å². The molecule has 2 aromatic carbocycles. The normalized spacial score (nSPS) is 16.7. The van der Waals surface area contributed by atoms with Gasteiger partial charge in [-0.15, -0.1) is 0 Å². The van der Waals surface area contributed by atoms with Crippen LogP contribution in [0, 0.1) is 0 Å². The van der Waals surface area contributed by atoms with Gasteiger partial charge in [0.2, 0.25) is 0 Å². The van der Waals surface area contributed by atoms with E-state index in [0.717, 1.165) is 29.9 Å². The molecule has 8 heteroatoms. The summed E-state index contributed by atoms with van der Waals surface area (Å²) >= 11 is 0. The number of carbonyl (C=O) groups is 1. The third-order valence-corrected chi connectivity index (χ3v) is 5.34. The molecule has 1 atom stereocenters. The lowest BCUT2D eigenvalue weighted by Crippen LogP contribution is -2.28. The SMILES string of the molecule is COc1ccc(C2CCN(C(=O)c3cnoc3-c3ccc(C(F)(F)F)cc3)C2)cc1. The van der Waals surface area contributed by atoms with Crippen molar-refractivity contribution >= 4 is 5.91 Å². The van der Waals surface area contributed by atoms with E-state index >= 15 is 0 Å². The topological polar surface area (TPSA) is 55.6 Å². The molecule has 1 aliphatic heterocycles. The largest absolute Gasteiger partial charge is 0.497 e. The summed E-state index contributed by atoms with van der Waals surface area (Å²) < 4.78 is 48.7. The highest BCUT2D eigenvalue weighted by atomic mass is 19.4. The number of ether oxygens (including phenoxy) is 1. The van der Waals surface area contributed by atoms with Gasteiger partial charge in [-0.2, -0.15) is 13.2 Å². The van der Waals surface area contributed by atoms with E-state index in [1.807, 2.05) is 24.3 Å². The number of amides is 1. The molecule has 156 valence electrons. The van der Waals surface area contributed by atoms with Gasteiger partial charge in [0.05, 0.1) is 18.9 Å². The molecule has 0 spiro atoms. The molecule has 1 amide bonds. The lowest BCUT2D eigenvalue weighted by atomic mass is 9.98. The minimum atomic E-state index is -4.43. The number of alkyl halides is 3. The maximum Gasteiger partial charge on any atom is 0.416 e. The van der Waals surface area contributed by atoms with Crippen LogP contribution in [-0.2, 0) is 6.18 Å². The van der Waals surface area contributed by atoms with Gasteiger partial charge >= 0.3 is 6.18 Å². The number of likely N-dealkylation sites (tertiary alicyclic amines) is 1. The van der Waals surface area contributed by atoms with E-state index < -0.39 is 11.7 Å². The first-order chi connectivity index (χ1) is 14.4. The standard InChI is InChI=1S/C22H19F3N2O3/c1-29-18-8-4-14(5-9-18)16-10-11-27(13-16)21(28)19-12-26-30-20(19)15-2-6-17(7-3-15)22(23,24)25/h2-9,12,16H,10-11,13H2,1H3. The fourth-order valence-corrected chi connectivity index (χ4v) is 3.67. The Kier molecular flexibility index (Phi) is 5.24. The Hall–Kier alpha value is -3.29. The maximum atomic E-state index is 13.0. The Morgan fingerprint density at radius 1 is 1.13 bits per heavy atom. The first-order valence-electron chi connectivity index (χ1n) is 9.42. The molecule has 4 rings (SSSR count). The van der Waals surface area contributed by atoms with E-state index in [0.29, 0.717) is 18.7 Å². The number of hydrogen-bond acceptors (Lipinski definition) is 4. The second kappa shape index (κ2) is 7.85. The average molecular weight is 416 g/mol. The molecule has 0 radical (unpaired) electrons. The quantitative estimate of drug-likeness (QED) is 0.601. The summed E-state index contributed by atoms with van der Waals surface area (Å²) in [6, 6.07) is 12.2. The summed E-state index contributed by atoms with van der Waals surface area (Å²) in [7, 11) is 1.61. The van der Waals surface area contributed by atoms with Crippen molar-refractivity contribution in [3.8, 4) is 17.1 Å². The van der Waals surface area contributed by atoms with Crippen molar-refractivity contribution in [3.63, 3.8) is 0 Å². The van der Waals surface area contributed by atoms with Crippen LogP contribution in [0.2, 0.25) is 0 Å². The molecule has 1 unspecified atom stereocenters. The molecule has 0 aliphatic carbocycles. The van der Waals surface area contributed by atoms with Crippen molar-refractivity contribution in [2.24, 2.45) is 0 Å². The summed E-state index contributed by atoms with van der Waals surface area (Å²) in [5.74, 6) is 0.897. The van der Waals surface area contributed by atoms with E-state index in [2.05, 4.69) is 5.16 Å². The van der Waals surface area contributed by atoms with Crippen molar-refractivity contribution in [1.82, 2.24) is 10.1 Å². The summed E-state index contributed by atoms with van der Waals surface area (Å²) in [5, 5.41) is 3.70. The van der Waals surface area contributed by atoms with Crippen molar-refractivity contribution in [2.45, 2.75) is 18.5 Å². The van der Waals surface area contributed by atoms with Gasteiger partial charge in [-0.1, -0.05) is 29.4 Å². The molecule has 1 fully saturated rings. The highest BCUT2D eigenvalue weighted by Gasteiger charge is 2.32. The molecule has 0 N–H and O–H groups in total. The number of nitrogens with zero attached hydrogens (tertiary/aromatic N) is 2. The molecule has 1 aliphatic rings. The molecule has 1 aromatic heterocycles. The number of aromatic nitrogens is 1. The third-order valence-electron chi connectivity index (χ3n) is 5.34. The predicted molar refractivity (Wildman–Crippen MR) is 103 cm³/mol. The van der Waals surface area contributed by atoms with Crippen LogP contribution >= 0.6 is 0 Å². The van der Waals surface area contributed by atoms with E-state index in [1.54, 1.807) is 12.0 Å². The first-order valence-corrected chi connectivity index (χ1v) is 9.42. The Morgan fingerprint density at radius 2 is 1.83 bits per heavy atom. The van der Waals surface area contributed by atoms with Crippen molar-refractivity contribution < 1.29 is 27.2 Å². The Labute approximate surface area is 171 Å². The lowest BCUT2D eigenvalue weighted by molar-refractivity contribution is -0.137. The first kappa shape index (κ1) is 20.0. The van der Waals surface area contributed by atoms with Gasteiger partial charge in [0.15, 0.2) is 5.76 Å². The Morgan fingerprint density at radius 3 is 2.47 bits per heavy atom. The fourth-order valence-electron chi connectivity index (χ4n) is 3.67. The molecule has 3 aromatic rings. The molecule has 1 saturated heterocycles. The van der Waals surface area contributed by atoms with Crippen LogP contribution in [0.25, 0.3) is 11.3 Å². The fraction of sp³-hybridized carbons (Fsp3) is 0.273. The Balaban J connectivity index is 1.50. The van der Waals surface area contributed by atoms with E-state index in [9.17, 15) is 18.0 Å². The number of carbonyl (C=O) groups excluding carboxylic acids is 1. The number of halogens is 3. The van der Waals surface area contributed by atoms with E-state index in [-0.39, 0.29) is 23.1 Å². The second-order valence-electron chi connectivity index (χ2n) is 7.15.